The maximum Gasteiger partial charge on any atom is 0.416 e. The first kappa shape index (κ1) is 18.6. The number of Topliss-reactive ketones (excluding diaryl/α,β-unsaturated/α-hetero) is 2. The summed E-state index contributed by atoms with van der Waals surface area (Å²) in [5, 5.41) is 10.2. The average Bonchev–Trinajstić information content (AvgIpc) is 2.61. The van der Waals surface area contributed by atoms with Gasteiger partial charge in [0.05, 0.1) is 5.56 Å². The smallest absolute Gasteiger partial charge is 0.416 e. The first-order valence-corrected chi connectivity index (χ1v) is 8.07. The van der Waals surface area contributed by atoms with Gasteiger partial charge in [0, 0.05) is 30.7 Å². The minimum Gasteiger partial charge on any atom is -0.506 e. The molecule has 0 bridgehead atoms. The lowest BCUT2D eigenvalue weighted by atomic mass is 9.90. The zero-order valence-electron chi connectivity index (χ0n) is 13.9. The first-order chi connectivity index (χ1) is 12.8. The molecule has 140 valence electrons. The third-order valence-electron chi connectivity index (χ3n) is 4.00. The zero-order valence-corrected chi connectivity index (χ0v) is 13.9. The molecule has 1 saturated carbocycles. The van der Waals surface area contributed by atoms with Crippen molar-refractivity contribution >= 4 is 17.3 Å². The highest BCUT2D eigenvalue weighted by Crippen LogP contribution is 2.32. The summed E-state index contributed by atoms with van der Waals surface area (Å²) in [7, 11) is 0. The summed E-state index contributed by atoms with van der Waals surface area (Å²) in [6, 6.07) is 7.02. The van der Waals surface area contributed by atoms with Crippen molar-refractivity contribution in [1.29, 1.82) is 0 Å². The van der Waals surface area contributed by atoms with E-state index >= 15 is 0 Å². The van der Waals surface area contributed by atoms with E-state index in [0.717, 1.165) is 12.1 Å². The number of allylic oxidation sites excluding steroid dienone is 1. The van der Waals surface area contributed by atoms with E-state index in [-0.39, 0.29) is 35.6 Å². The molecule has 0 unspecified atom stereocenters. The second-order valence-corrected chi connectivity index (χ2v) is 5.94. The molecule has 1 aliphatic carbocycles. The van der Waals surface area contributed by atoms with Crippen LogP contribution in [0, 0.1) is 0 Å². The first-order valence-electron chi connectivity index (χ1n) is 8.07. The van der Waals surface area contributed by atoms with E-state index in [1.54, 1.807) is 0 Å². The van der Waals surface area contributed by atoms with Crippen molar-refractivity contribution in [3.8, 4) is 11.6 Å². The second kappa shape index (κ2) is 7.22. The van der Waals surface area contributed by atoms with Gasteiger partial charge in [0.15, 0.2) is 11.6 Å². The van der Waals surface area contributed by atoms with Crippen molar-refractivity contribution in [2.75, 3.05) is 0 Å². The van der Waals surface area contributed by atoms with Crippen LogP contribution in [0.3, 0.4) is 0 Å². The lowest BCUT2D eigenvalue weighted by Crippen LogP contribution is -2.20. The third-order valence-corrected chi connectivity index (χ3v) is 4.00. The molecule has 1 fully saturated rings. The number of carbonyl (C=O) groups excluding carboxylic acids is 2. The minimum atomic E-state index is -4.49. The Morgan fingerprint density at radius 3 is 2.37 bits per heavy atom. The minimum absolute atomic E-state index is 0.00262. The predicted octanol–water partition coefficient (Wildman–Crippen LogP) is 4.48. The van der Waals surface area contributed by atoms with Gasteiger partial charge in [-0.3, -0.25) is 9.59 Å². The third kappa shape index (κ3) is 4.16. The van der Waals surface area contributed by atoms with E-state index < -0.39 is 29.1 Å². The Morgan fingerprint density at radius 2 is 1.78 bits per heavy atom. The van der Waals surface area contributed by atoms with Crippen molar-refractivity contribution in [3.05, 3.63) is 59.3 Å². The van der Waals surface area contributed by atoms with Gasteiger partial charge in [-0.1, -0.05) is 6.07 Å². The van der Waals surface area contributed by atoms with E-state index in [1.165, 1.54) is 30.5 Å². The van der Waals surface area contributed by atoms with Crippen LogP contribution in [0.25, 0.3) is 5.76 Å². The Hall–Kier alpha value is -3.16. The van der Waals surface area contributed by atoms with E-state index in [1.807, 2.05) is 0 Å². The van der Waals surface area contributed by atoms with Crippen molar-refractivity contribution < 1.29 is 32.6 Å². The molecule has 1 aromatic carbocycles. The van der Waals surface area contributed by atoms with Crippen molar-refractivity contribution in [2.45, 2.75) is 25.4 Å². The monoisotopic (exact) mass is 377 g/mol. The summed E-state index contributed by atoms with van der Waals surface area (Å²) in [4.78, 5) is 27.6. The molecule has 3 rings (SSSR count). The molecule has 5 nitrogen and oxygen atoms in total. The number of aliphatic hydroxyl groups is 1. The Bertz CT molecular complexity index is 899. The Labute approximate surface area is 152 Å². The SMILES string of the molecule is O=C1CCCC(=O)C1=C(O)c1ccc(Oc2cccc(C(F)(F)F)c2)nc1. The molecular formula is C19H14F3NO4. The number of pyridine rings is 1. The Balaban J connectivity index is 1.82. The number of carbonyl (C=O) groups is 2. The van der Waals surface area contributed by atoms with Crippen LogP contribution >= 0.6 is 0 Å². The Kier molecular flexibility index (Phi) is 4.98. The molecule has 1 aliphatic rings. The summed E-state index contributed by atoms with van der Waals surface area (Å²) in [5.41, 5.74) is -0.951. The van der Waals surface area contributed by atoms with Crippen LogP contribution in [0.5, 0.6) is 11.6 Å². The van der Waals surface area contributed by atoms with Crippen LogP contribution in [0.1, 0.15) is 30.4 Å². The highest BCUT2D eigenvalue weighted by atomic mass is 19.4. The summed E-state index contributed by atoms with van der Waals surface area (Å²) in [6.45, 7) is 0. The van der Waals surface area contributed by atoms with Crippen LogP contribution in [0.2, 0.25) is 0 Å². The van der Waals surface area contributed by atoms with Gasteiger partial charge in [-0.05, 0) is 30.7 Å². The number of hydrogen-bond acceptors (Lipinski definition) is 5. The number of hydrogen-bond donors (Lipinski definition) is 1. The number of halogens is 3. The summed E-state index contributed by atoms with van der Waals surface area (Å²) in [6.07, 6.45) is -2.48. The molecule has 0 atom stereocenters. The van der Waals surface area contributed by atoms with Crippen molar-refractivity contribution in [1.82, 2.24) is 4.98 Å². The van der Waals surface area contributed by atoms with Gasteiger partial charge in [0.1, 0.15) is 17.1 Å². The molecule has 1 heterocycles. The summed E-state index contributed by atoms with van der Waals surface area (Å²) in [5.74, 6) is -1.36. The van der Waals surface area contributed by atoms with Crippen LogP contribution in [-0.4, -0.2) is 21.7 Å². The van der Waals surface area contributed by atoms with E-state index in [4.69, 9.17) is 4.74 Å². The maximum absolute atomic E-state index is 12.7. The fourth-order valence-electron chi connectivity index (χ4n) is 2.66. The molecular weight excluding hydrogens is 363 g/mol. The average molecular weight is 377 g/mol. The molecule has 27 heavy (non-hydrogen) atoms. The molecule has 0 aliphatic heterocycles. The lowest BCUT2D eigenvalue weighted by molar-refractivity contribution is -0.137. The van der Waals surface area contributed by atoms with Gasteiger partial charge in [-0.25, -0.2) is 4.98 Å². The summed E-state index contributed by atoms with van der Waals surface area (Å²) < 4.78 is 43.5. The standard InChI is InChI=1S/C19H14F3NO4/c20-19(21,22)12-3-1-4-13(9-12)27-16-8-7-11(10-23-16)18(26)17-14(24)5-2-6-15(17)25/h1,3-4,7-10,26H,2,5-6H2. The molecule has 0 radical (unpaired) electrons. The van der Waals surface area contributed by atoms with Crippen LogP contribution in [0.15, 0.2) is 48.2 Å². The Morgan fingerprint density at radius 1 is 1.07 bits per heavy atom. The topological polar surface area (TPSA) is 76.5 Å². The van der Waals surface area contributed by atoms with E-state index in [0.29, 0.717) is 6.42 Å². The van der Waals surface area contributed by atoms with Crippen LogP contribution < -0.4 is 4.74 Å². The van der Waals surface area contributed by atoms with Gasteiger partial charge in [-0.2, -0.15) is 13.2 Å². The zero-order chi connectivity index (χ0) is 19.6. The highest BCUT2D eigenvalue weighted by molar-refractivity contribution is 6.25. The van der Waals surface area contributed by atoms with Crippen LogP contribution in [-0.2, 0) is 15.8 Å². The summed E-state index contributed by atoms with van der Waals surface area (Å²) >= 11 is 0. The normalized spacial score (nSPS) is 15.0. The number of nitrogens with zero attached hydrogens (tertiary/aromatic N) is 1. The van der Waals surface area contributed by atoms with E-state index in [2.05, 4.69) is 4.98 Å². The predicted molar refractivity (Wildman–Crippen MR) is 89.2 cm³/mol. The van der Waals surface area contributed by atoms with Crippen molar-refractivity contribution in [2.24, 2.45) is 0 Å². The second-order valence-electron chi connectivity index (χ2n) is 5.94. The molecule has 8 heteroatoms. The van der Waals surface area contributed by atoms with Gasteiger partial charge < -0.3 is 9.84 Å². The number of ether oxygens (including phenoxy) is 1. The molecule has 1 N–H and O–H groups in total. The number of alkyl halides is 3. The molecule has 0 saturated heterocycles. The largest absolute Gasteiger partial charge is 0.506 e. The highest BCUT2D eigenvalue weighted by Gasteiger charge is 2.31. The number of rotatable bonds is 3. The number of aromatic nitrogens is 1. The fourth-order valence-corrected chi connectivity index (χ4v) is 2.66. The fraction of sp³-hybridized carbons (Fsp3) is 0.211. The van der Waals surface area contributed by atoms with E-state index in [9.17, 15) is 27.9 Å². The molecule has 0 amide bonds. The van der Waals surface area contributed by atoms with Gasteiger partial charge in [0.25, 0.3) is 0 Å². The maximum atomic E-state index is 12.7. The number of ketones is 2. The number of aliphatic hydroxyl groups excluding tert-OH is 1. The van der Waals surface area contributed by atoms with Gasteiger partial charge in [-0.15, -0.1) is 0 Å². The van der Waals surface area contributed by atoms with Crippen LogP contribution in [0.4, 0.5) is 13.2 Å². The lowest BCUT2D eigenvalue weighted by Gasteiger charge is -2.14. The van der Waals surface area contributed by atoms with Gasteiger partial charge in [0.2, 0.25) is 5.88 Å². The van der Waals surface area contributed by atoms with Gasteiger partial charge >= 0.3 is 6.18 Å². The molecule has 2 aromatic rings. The quantitative estimate of drug-likeness (QED) is 0.485. The molecule has 1 aromatic heterocycles. The number of benzene rings is 1. The van der Waals surface area contributed by atoms with Crippen molar-refractivity contribution in [3.63, 3.8) is 0 Å². The molecule has 0 spiro atoms.